The first-order valence-electron chi connectivity index (χ1n) is 7.36. The molecule has 0 spiro atoms. The van der Waals surface area contributed by atoms with Gasteiger partial charge in [-0.15, -0.1) is 11.8 Å². The van der Waals surface area contributed by atoms with Crippen LogP contribution in [0.2, 0.25) is 0 Å². The molecule has 3 nitrogen and oxygen atoms in total. The van der Waals surface area contributed by atoms with Crippen LogP contribution in [0, 0.1) is 0 Å². The lowest BCUT2D eigenvalue weighted by Gasteiger charge is -2.24. The van der Waals surface area contributed by atoms with Gasteiger partial charge in [0.25, 0.3) is 0 Å². The van der Waals surface area contributed by atoms with Gasteiger partial charge in [-0.2, -0.15) is 0 Å². The standard InChI is InChI=1S/C16H23NO2S/c1-12(16(19)17-14-5-3-2-4-6-14)20-15-9-7-13(11-18)8-10-15/h7-10,12,14,18H,2-6,11H2,1H3,(H,17,19). The van der Waals surface area contributed by atoms with Gasteiger partial charge in [0.1, 0.15) is 0 Å². The van der Waals surface area contributed by atoms with E-state index < -0.39 is 0 Å². The van der Waals surface area contributed by atoms with E-state index >= 15 is 0 Å². The van der Waals surface area contributed by atoms with E-state index in [9.17, 15) is 4.79 Å². The van der Waals surface area contributed by atoms with Crippen LogP contribution in [0.4, 0.5) is 0 Å². The number of amides is 1. The van der Waals surface area contributed by atoms with Gasteiger partial charge in [-0.1, -0.05) is 31.4 Å². The zero-order valence-electron chi connectivity index (χ0n) is 12.0. The predicted octanol–water partition coefficient (Wildman–Crippen LogP) is 3.11. The van der Waals surface area contributed by atoms with Crippen molar-refractivity contribution < 1.29 is 9.90 Å². The molecule has 1 unspecified atom stereocenters. The second kappa shape index (κ2) is 7.70. The molecule has 2 rings (SSSR count). The lowest BCUT2D eigenvalue weighted by Crippen LogP contribution is -2.40. The fourth-order valence-corrected chi connectivity index (χ4v) is 3.37. The molecule has 4 heteroatoms. The van der Waals surface area contributed by atoms with E-state index in [1.165, 1.54) is 19.3 Å². The topological polar surface area (TPSA) is 49.3 Å². The second-order valence-electron chi connectivity index (χ2n) is 5.41. The first-order valence-corrected chi connectivity index (χ1v) is 8.24. The van der Waals surface area contributed by atoms with E-state index in [2.05, 4.69) is 5.32 Å². The summed E-state index contributed by atoms with van der Waals surface area (Å²) in [4.78, 5) is 13.2. The smallest absolute Gasteiger partial charge is 0.233 e. The van der Waals surface area contributed by atoms with Crippen LogP contribution in [-0.4, -0.2) is 22.3 Å². The average molecular weight is 293 g/mol. The van der Waals surface area contributed by atoms with Crippen molar-refractivity contribution in [2.24, 2.45) is 0 Å². The molecule has 0 saturated heterocycles. The van der Waals surface area contributed by atoms with Gasteiger partial charge < -0.3 is 10.4 Å². The molecule has 1 fully saturated rings. The van der Waals surface area contributed by atoms with Crippen molar-refractivity contribution in [1.82, 2.24) is 5.32 Å². The monoisotopic (exact) mass is 293 g/mol. The number of benzene rings is 1. The van der Waals surface area contributed by atoms with Gasteiger partial charge in [-0.25, -0.2) is 0 Å². The van der Waals surface area contributed by atoms with Crippen molar-refractivity contribution in [3.05, 3.63) is 29.8 Å². The van der Waals surface area contributed by atoms with Crippen LogP contribution < -0.4 is 5.32 Å². The SMILES string of the molecule is CC(Sc1ccc(CO)cc1)C(=O)NC1CCCCC1. The van der Waals surface area contributed by atoms with Crippen molar-refractivity contribution >= 4 is 17.7 Å². The molecule has 1 saturated carbocycles. The fourth-order valence-electron chi connectivity index (χ4n) is 2.50. The predicted molar refractivity (Wildman–Crippen MR) is 82.7 cm³/mol. The zero-order valence-corrected chi connectivity index (χ0v) is 12.8. The normalized spacial score (nSPS) is 17.7. The molecule has 0 aliphatic heterocycles. The highest BCUT2D eigenvalue weighted by Crippen LogP contribution is 2.24. The summed E-state index contributed by atoms with van der Waals surface area (Å²) in [5.41, 5.74) is 0.897. The van der Waals surface area contributed by atoms with Crippen LogP contribution >= 0.6 is 11.8 Å². The summed E-state index contributed by atoms with van der Waals surface area (Å²) in [6.07, 6.45) is 6.00. The Labute approximate surface area is 125 Å². The Morgan fingerprint density at radius 3 is 2.55 bits per heavy atom. The molecule has 1 aliphatic carbocycles. The summed E-state index contributed by atoms with van der Waals surface area (Å²) in [5, 5.41) is 12.1. The Kier molecular flexibility index (Phi) is 5.92. The number of aliphatic hydroxyl groups is 1. The van der Waals surface area contributed by atoms with E-state index in [1.807, 2.05) is 31.2 Å². The number of hydrogen-bond acceptors (Lipinski definition) is 3. The van der Waals surface area contributed by atoms with Gasteiger partial charge in [0.05, 0.1) is 11.9 Å². The highest BCUT2D eigenvalue weighted by atomic mass is 32.2. The van der Waals surface area contributed by atoms with E-state index in [0.29, 0.717) is 6.04 Å². The molecule has 1 aliphatic rings. The van der Waals surface area contributed by atoms with E-state index in [-0.39, 0.29) is 17.8 Å². The Morgan fingerprint density at radius 2 is 1.95 bits per heavy atom. The van der Waals surface area contributed by atoms with Crippen LogP contribution in [0.1, 0.15) is 44.6 Å². The van der Waals surface area contributed by atoms with Gasteiger partial charge in [0.15, 0.2) is 0 Å². The third-order valence-electron chi connectivity index (χ3n) is 3.74. The molecule has 1 amide bonds. The van der Waals surface area contributed by atoms with Crippen molar-refractivity contribution in [1.29, 1.82) is 0 Å². The fraction of sp³-hybridized carbons (Fsp3) is 0.562. The van der Waals surface area contributed by atoms with Gasteiger partial charge in [0, 0.05) is 10.9 Å². The molecule has 1 atom stereocenters. The van der Waals surface area contributed by atoms with E-state index in [4.69, 9.17) is 5.11 Å². The Hall–Kier alpha value is -1.00. The molecule has 0 bridgehead atoms. The molecule has 0 aromatic heterocycles. The van der Waals surface area contributed by atoms with Gasteiger partial charge in [0.2, 0.25) is 5.91 Å². The van der Waals surface area contributed by atoms with Crippen LogP contribution in [0.25, 0.3) is 0 Å². The number of carbonyl (C=O) groups excluding carboxylic acids is 1. The summed E-state index contributed by atoms with van der Waals surface area (Å²) in [7, 11) is 0. The molecule has 0 heterocycles. The van der Waals surface area contributed by atoms with E-state index in [1.54, 1.807) is 11.8 Å². The number of carbonyl (C=O) groups is 1. The van der Waals surface area contributed by atoms with Crippen molar-refractivity contribution in [2.45, 2.75) is 61.8 Å². The largest absolute Gasteiger partial charge is 0.392 e. The number of hydrogen-bond donors (Lipinski definition) is 2. The summed E-state index contributed by atoms with van der Waals surface area (Å²) >= 11 is 1.57. The molecule has 1 aromatic rings. The highest BCUT2D eigenvalue weighted by Gasteiger charge is 2.20. The summed E-state index contributed by atoms with van der Waals surface area (Å²) in [5.74, 6) is 0.133. The summed E-state index contributed by atoms with van der Waals surface area (Å²) < 4.78 is 0. The Bertz CT molecular complexity index is 427. The van der Waals surface area contributed by atoms with E-state index in [0.717, 1.165) is 23.3 Å². The third kappa shape index (κ3) is 4.53. The number of nitrogens with one attached hydrogen (secondary N) is 1. The van der Waals surface area contributed by atoms with Crippen LogP contribution in [0.5, 0.6) is 0 Å². The minimum Gasteiger partial charge on any atom is -0.392 e. The van der Waals surface area contributed by atoms with Crippen molar-refractivity contribution in [2.75, 3.05) is 0 Å². The minimum absolute atomic E-state index is 0.0582. The summed E-state index contributed by atoms with van der Waals surface area (Å²) in [6, 6.07) is 8.08. The Morgan fingerprint density at radius 1 is 1.30 bits per heavy atom. The molecular weight excluding hydrogens is 270 g/mol. The lowest BCUT2D eigenvalue weighted by atomic mass is 9.95. The summed E-state index contributed by atoms with van der Waals surface area (Å²) in [6.45, 7) is 2.01. The molecule has 1 aromatic carbocycles. The first-order chi connectivity index (χ1) is 9.69. The third-order valence-corrected chi connectivity index (χ3v) is 4.85. The first kappa shape index (κ1) is 15.4. The van der Waals surface area contributed by atoms with Crippen LogP contribution in [0.3, 0.4) is 0 Å². The number of thioether (sulfide) groups is 1. The molecule has 110 valence electrons. The number of rotatable bonds is 5. The maximum absolute atomic E-state index is 12.2. The minimum atomic E-state index is -0.0862. The zero-order chi connectivity index (χ0) is 14.4. The maximum atomic E-state index is 12.2. The van der Waals surface area contributed by atoms with Crippen molar-refractivity contribution in [3.8, 4) is 0 Å². The van der Waals surface area contributed by atoms with Gasteiger partial charge in [-0.3, -0.25) is 4.79 Å². The van der Waals surface area contributed by atoms with Crippen LogP contribution in [-0.2, 0) is 11.4 Å². The van der Waals surface area contributed by atoms with Gasteiger partial charge >= 0.3 is 0 Å². The van der Waals surface area contributed by atoms with Crippen LogP contribution in [0.15, 0.2) is 29.2 Å². The lowest BCUT2D eigenvalue weighted by molar-refractivity contribution is -0.121. The Balaban J connectivity index is 1.83. The molecule has 2 N–H and O–H groups in total. The van der Waals surface area contributed by atoms with Crippen molar-refractivity contribution in [3.63, 3.8) is 0 Å². The highest BCUT2D eigenvalue weighted by molar-refractivity contribution is 8.00. The molecular formula is C16H23NO2S. The average Bonchev–Trinajstić information content (AvgIpc) is 2.49. The number of aliphatic hydroxyl groups excluding tert-OH is 1. The van der Waals surface area contributed by atoms with Gasteiger partial charge in [-0.05, 0) is 37.5 Å². The second-order valence-corrected chi connectivity index (χ2v) is 6.82. The molecule has 0 radical (unpaired) electrons. The quantitative estimate of drug-likeness (QED) is 0.820. The molecule has 20 heavy (non-hydrogen) atoms. The maximum Gasteiger partial charge on any atom is 0.233 e.